The number of hydrogen-bond acceptors (Lipinski definition) is 4. The molecule has 1 fully saturated rings. The summed E-state index contributed by atoms with van der Waals surface area (Å²) < 4.78 is 0. The van der Waals surface area contributed by atoms with E-state index in [2.05, 4.69) is 29.6 Å². The predicted octanol–water partition coefficient (Wildman–Crippen LogP) is 2.80. The van der Waals surface area contributed by atoms with Gasteiger partial charge in [-0.15, -0.1) is 11.3 Å². The fraction of sp³-hybridized carbons (Fsp3) is 0.769. The van der Waals surface area contributed by atoms with Gasteiger partial charge in [0.1, 0.15) is 0 Å². The van der Waals surface area contributed by atoms with E-state index < -0.39 is 0 Å². The number of aryl methyl sites for hydroxylation is 1. The van der Waals surface area contributed by atoms with Crippen molar-refractivity contribution in [3.8, 4) is 0 Å². The molecule has 4 heteroatoms. The lowest BCUT2D eigenvalue weighted by Crippen LogP contribution is -2.48. The number of aromatic nitrogens is 1. The Labute approximate surface area is 108 Å². The first kappa shape index (κ1) is 13.0. The molecule has 1 aromatic heterocycles. The number of nitrogens with two attached hydrogens (primary N) is 1. The van der Waals surface area contributed by atoms with E-state index in [0.717, 1.165) is 12.1 Å². The van der Waals surface area contributed by atoms with Crippen molar-refractivity contribution in [2.75, 3.05) is 0 Å². The molecule has 0 radical (unpaired) electrons. The van der Waals surface area contributed by atoms with Gasteiger partial charge in [-0.25, -0.2) is 4.98 Å². The summed E-state index contributed by atoms with van der Waals surface area (Å²) in [6.45, 7) is 4.35. The average molecular weight is 253 g/mol. The Bertz CT molecular complexity index is 355. The van der Waals surface area contributed by atoms with Gasteiger partial charge >= 0.3 is 0 Å². The van der Waals surface area contributed by atoms with Crippen LogP contribution >= 0.6 is 11.3 Å². The SMILES string of the molecule is CCC1(C(Cc2nc(C)cs2)NN)CCCC1. The summed E-state index contributed by atoms with van der Waals surface area (Å²) in [6, 6.07) is 0.376. The third-order valence-electron chi connectivity index (χ3n) is 4.29. The largest absolute Gasteiger partial charge is 0.271 e. The quantitative estimate of drug-likeness (QED) is 0.626. The summed E-state index contributed by atoms with van der Waals surface area (Å²) in [7, 11) is 0. The average Bonchev–Trinajstić information content (AvgIpc) is 2.95. The zero-order chi connectivity index (χ0) is 12.3. The molecule has 0 aliphatic heterocycles. The Balaban J connectivity index is 2.10. The van der Waals surface area contributed by atoms with Gasteiger partial charge in [0.2, 0.25) is 0 Å². The number of thiazole rings is 1. The van der Waals surface area contributed by atoms with Crippen molar-refractivity contribution in [1.29, 1.82) is 0 Å². The molecule has 0 amide bonds. The third kappa shape index (κ3) is 2.69. The molecule has 96 valence electrons. The highest BCUT2D eigenvalue weighted by molar-refractivity contribution is 7.09. The topological polar surface area (TPSA) is 50.9 Å². The van der Waals surface area contributed by atoms with Crippen LogP contribution in [0.15, 0.2) is 5.38 Å². The molecular formula is C13H23N3S. The van der Waals surface area contributed by atoms with Gasteiger partial charge in [0.25, 0.3) is 0 Å². The van der Waals surface area contributed by atoms with Gasteiger partial charge in [0.05, 0.1) is 5.01 Å². The van der Waals surface area contributed by atoms with E-state index in [1.807, 2.05) is 0 Å². The van der Waals surface area contributed by atoms with E-state index in [9.17, 15) is 0 Å². The maximum atomic E-state index is 5.79. The number of hydrazine groups is 1. The van der Waals surface area contributed by atoms with Gasteiger partial charge in [0.15, 0.2) is 0 Å². The summed E-state index contributed by atoms with van der Waals surface area (Å²) >= 11 is 1.75. The van der Waals surface area contributed by atoms with Crippen molar-refractivity contribution in [1.82, 2.24) is 10.4 Å². The molecule has 1 aliphatic rings. The molecule has 0 saturated heterocycles. The molecule has 1 aromatic rings. The molecule has 0 bridgehead atoms. The van der Waals surface area contributed by atoms with Crippen molar-refractivity contribution >= 4 is 11.3 Å². The molecule has 0 aromatic carbocycles. The van der Waals surface area contributed by atoms with E-state index >= 15 is 0 Å². The van der Waals surface area contributed by atoms with Crippen LogP contribution in [0.5, 0.6) is 0 Å². The third-order valence-corrected chi connectivity index (χ3v) is 5.28. The molecule has 1 unspecified atom stereocenters. The Morgan fingerprint density at radius 2 is 2.24 bits per heavy atom. The number of hydrogen-bond donors (Lipinski definition) is 2. The lowest BCUT2D eigenvalue weighted by Gasteiger charge is -2.36. The van der Waals surface area contributed by atoms with Crippen molar-refractivity contribution in [2.24, 2.45) is 11.3 Å². The molecule has 1 heterocycles. The molecular weight excluding hydrogens is 230 g/mol. The monoisotopic (exact) mass is 253 g/mol. The highest BCUT2D eigenvalue weighted by Crippen LogP contribution is 2.44. The summed E-state index contributed by atoms with van der Waals surface area (Å²) in [5.74, 6) is 5.79. The Kier molecular flexibility index (Phi) is 4.17. The fourth-order valence-electron chi connectivity index (χ4n) is 3.15. The van der Waals surface area contributed by atoms with E-state index in [1.165, 1.54) is 37.1 Å². The van der Waals surface area contributed by atoms with E-state index in [1.54, 1.807) is 11.3 Å². The number of nitrogens with zero attached hydrogens (tertiary/aromatic N) is 1. The summed E-state index contributed by atoms with van der Waals surface area (Å²) in [6.07, 6.45) is 7.51. The van der Waals surface area contributed by atoms with Crippen LogP contribution in [0.3, 0.4) is 0 Å². The van der Waals surface area contributed by atoms with Gasteiger partial charge in [-0.1, -0.05) is 19.8 Å². The molecule has 0 spiro atoms. The minimum atomic E-state index is 0.376. The predicted molar refractivity (Wildman–Crippen MR) is 72.9 cm³/mol. The summed E-state index contributed by atoms with van der Waals surface area (Å²) in [5.41, 5.74) is 4.58. The minimum Gasteiger partial charge on any atom is -0.271 e. The lowest BCUT2D eigenvalue weighted by atomic mass is 9.75. The van der Waals surface area contributed by atoms with Crippen LogP contribution in [0.2, 0.25) is 0 Å². The molecule has 17 heavy (non-hydrogen) atoms. The van der Waals surface area contributed by atoms with Gasteiger partial charge in [0, 0.05) is 23.5 Å². The second-order valence-electron chi connectivity index (χ2n) is 5.23. The van der Waals surface area contributed by atoms with Crippen LogP contribution < -0.4 is 11.3 Å². The number of rotatable bonds is 5. The maximum Gasteiger partial charge on any atom is 0.0944 e. The first-order chi connectivity index (χ1) is 8.20. The first-order valence-corrected chi connectivity index (χ1v) is 7.45. The first-order valence-electron chi connectivity index (χ1n) is 6.57. The van der Waals surface area contributed by atoms with Crippen molar-refractivity contribution < 1.29 is 0 Å². The van der Waals surface area contributed by atoms with Crippen molar-refractivity contribution in [3.05, 3.63) is 16.1 Å². The smallest absolute Gasteiger partial charge is 0.0944 e. The second-order valence-corrected chi connectivity index (χ2v) is 6.17. The summed E-state index contributed by atoms with van der Waals surface area (Å²) in [5, 5.41) is 3.33. The zero-order valence-electron chi connectivity index (χ0n) is 10.8. The normalized spacial score (nSPS) is 20.6. The molecule has 3 nitrogen and oxygen atoms in total. The molecule has 1 atom stereocenters. The molecule has 2 rings (SSSR count). The Morgan fingerprint density at radius 1 is 1.53 bits per heavy atom. The van der Waals surface area contributed by atoms with Gasteiger partial charge in [-0.2, -0.15) is 0 Å². The molecule has 1 saturated carbocycles. The van der Waals surface area contributed by atoms with Crippen LogP contribution in [-0.2, 0) is 6.42 Å². The van der Waals surface area contributed by atoms with Crippen LogP contribution in [0.25, 0.3) is 0 Å². The molecule has 1 aliphatic carbocycles. The highest BCUT2D eigenvalue weighted by atomic mass is 32.1. The fourth-order valence-corrected chi connectivity index (χ4v) is 3.97. The van der Waals surface area contributed by atoms with Crippen LogP contribution in [0, 0.1) is 12.3 Å². The van der Waals surface area contributed by atoms with E-state index in [-0.39, 0.29) is 0 Å². The van der Waals surface area contributed by atoms with E-state index in [0.29, 0.717) is 11.5 Å². The molecule has 3 N–H and O–H groups in total. The van der Waals surface area contributed by atoms with Crippen molar-refractivity contribution in [3.63, 3.8) is 0 Å². The lowest BCUT2D eigenvalue weighted by molar-refractivity contribution is 0.185. The van der Waals surface area contributed by atoms with E-state index in [4.69, 9.17) is 5.84 Å². The van der Waals surface area contributed by atoms with Gasteiger partial charge in [-0.05, 0) is 31.6 Å². The van der Waals surface area contributed by atoms with Gasteiger partial charge in [-0.3, -0.25) is 11.3 Å². The van der Waals surface area contributed by atoms with Crippen LogP contribution in [0.4, 0.5) is 0 Å². The Hall–Kier alpha value is -0.450. The Morgan fingerprint density at radius 3 is 2.71 bits per heavy atom. The summed E-state index contributed by atoms with van der Waals surface area (Å²) in [4.78, 5) is 4.56. The van der Waals surface area contributed by atoms with Gasteiger partial charge < -0.3 is 0 Å². The van der Waals surface area contributed by atoms with Crippen molar-refractivity contribution in [2.45, 2.75) is 58.4 Å². The zero-order valence-corrected chi connectivity index (χ0v) is 11.6. The highest BCUT2D eigenvalue weighted by Gasteiger charge is 2.39. The van der Waals surface area contributed by atoms with Crippen LogP contribution in [-0.4, -0.2) is 11.0 Å². The number of nitrogens with one attached hydrogen (secondary N) is 1. The second kappa shape index (κ2) is 5.46. The van der Waals surface area contributed by atoms with Crippen LogP contribution in [0.1, 0.15) is 49.7 Å². The minimum absolute atomic E-state index is 0.376. The standard InChI is InChI=1S/C13H23N3S/c1-3-13(6-4-5-7-13)11(16-14)8-12-15-10(2)9-17-12/h9,11,16H,3-8,14H2,1-2H3. The maximum absolute atomic E-state index is 5.79.